The summed E-state index contributed by atoms with van der Waals surface area (Å²) in [6.07, 6.45) is 2.57. The first kappa shape index (κ1) is 15.7. The SMILES string of the molecule is CCCCCOC(=O)N(S)S.[Ca+2].[H-].[H-]. The number of rotatable bonds is 4. The van der Waals surface area contributed by atoms with Crippen molar-refractivity contribution in [2.75, 3.05) is 6.61 Å². The molecule has 1 amide bonds. The Labute approximate surface area is 117 Å². The Bertz CT molecular complexity index is 132. The summed E-state index contributed by atoms with van der Waals surface area (Å²) >= 11 is 7.28. The number of carbonyl (C=O) groups is 1. The quantitative estimate of drug-likeness (QED) is 0.446. The third kappa shape index (κ3) is 9.32. The zero-order valence-corrected chi connectivity index (χ0v) is 11.2. The number of ether oxygens (including phenoxy) is 1. The van der Waals surface area contributed by atoms with Crippen molar-refractivity contribution < 1.29 is 12.4 Å². The molecule has 0 rings (SSSR count). The van der Waals surface area contributed by atoms with Crippen LogP contribution in [0.5, 0.6) is 0 Å². The Morgan fingerprint density at radius 2 is 2.08 bits per heavy atom. The molecule has 0 aliphatic rings. The molecule has 3 nitrogen and oxygen atoms in total. The van der Waals surface area contributed by atoms with Gasteiger partial charge in [-0.1, -0.05) is 19.8 Å². The van der Waals surface area contributed by atoms with Crippen LogP contribution in [-0.2, 0) is 4.74 Å². The van der Waals surface area contributed by atoms with Gasteiger partial charge in [0.2, 0.25) is 0 Å². The zero-order valence-electron chi connectivity index (χ0n) is 9.19. The molecule has 0 aliphatic carbocycles. The molecule has 0 saturated heterocycles. The van der Waals surface area contributed by atoms with Crippen LogP contribution < -0.4 is 0 Å². The number of unbranched alkanes of at least 4 members (excludes halogenated alkanes) is 2. The van der Waals surface area contributed by atoms with Crippen molar-refractivity contribution in [3.8, 4) is 0 Å². The predicted molar refractivity (Wildman–Crippen MR) is 58.7 cm³/mol. The molecule has 0 heterocycles. The topological polar surface area (TPSA) is 29.5 Å². The maximum atomic E-state index is 10.7. The molecule has 0 radical (unpaired) electrons. The van der Waals surface area contributed by atoms with Crippen molar-refractivity contribution in [2.45, 2.75) is 26.2 Å². The molecular weight excluding hydrogens is 222 g/mol. The standard InChI is InChI=1S/C6H13NO2S2.Ca.2H/c1-2-3-4-5-9-6(8)7(10)11;;;/h10-11H,2-5H2,1H3;;;/q;+2;2*-1. The molecule has 0 aromatic rings. The van der Waals surface area contributed by atoms with Crippen molar-refractivity contribution >= 4 is 69.5 Å². The van der Waals surface area contributed by atoms with Crippen LogP contribution in [0, 0.1) is 0 Å². The average Bonchev–Trinajstić information content (AvgIpc) is 1.97. The van der Waals surface area contributed by atoms with E-state index in [4.69, 9.17) is 4.74 Å². The van der Waals surface area contributed by atoms with E-state index in [0.29, 0.717) is 6.61 Å². The molecule has 6 heteroatoms. The Hall–Kier alpha value is 1.23. The van der Waals surface area contributed by atoms with E-state index in [9.17, 15) is 4.79 Å². The summed E-state index contributed by atoms with van der Waals surface area (Å²) in [5.41, 5.74) is 0. The predicted octanol–water partition coefficient (Wildman–Crippen LogP) is 2.15. The number of hydrogen-bond donors (Lipinski definition) is 2. The van der Waals surface area contributed by atoms with E-state index in [1.165, 1.54) is 0 Å². The second kappa shape index (κ2) is 10.3. The van der Waals surface area contributed by atoms with Crippen LogP contribution >= 0.6 is 25.6 Å². The molecule has 0 unspecified atom stereocenters. The number of amides is 1. The molecule has 0 fully saturated rings. The summed E-state index contributed by atoms with van der Waals surface area (Å²) in [5.74, 6) is 0. The van der Waals surface area contributed by atoms with Crippen LogP contribution in [0.25, 0.3) is 0 Å². The second-order valence-corrected chi connectivity index (χ2v) is 3.23. The number of hydrogen-bond acceptors (Lipinski definition) is 4. The Morgan fingerprint density at radius 3 is 2.50 bits per heavy atom. The Kier molecular flexibility index (Phi) is 13.5. The molecule has 0 aromatic carbocycles. The van der Waals surface area contributed by atoms with E-state index in [1.54, 1.807) is 0 Å². The number of carbonyl (C=O) groups excluding carboxylic acids is 1. The fourth-order valence-corrected chi connectivity index (χ4v) is 0.685. The van der Waals surface area contributed by atoms with Crippen LogP contribution in [0.3, 0.4) is 0 Å². The van der Waals surface area contributed by atoms with Gasteiger partial charge in [0.25, 0.3) is 0 Å². The molecule has 0 aliphatic heterocycles. The fourth-order valence-electron chi connectivity index (χ4n) is 0.569. The van der Waals surface area contributed by atoms with Gasteiger partial charge in [-0.15, -0.1) is 0 Å². The maximum Gasteiger partial charge on any atom is 2.00 e. The van der Waals surface area contributed by atoms with Crippen LogP contribution in [0.4, 0.5) is 4.79 Å². The molecule has 12 heavy (non-hydrogen) atoms. The monoisotopic (exact) mass is 237 g/mol. The van der Waals surface area contributed by atoms with Gasteiger partial charge in [-0.2, -0.15) is 3.71 Å². The van der Waals surface area contributed by atoms with E-state index >= 15 is 0 Å². The second-order valence-electron chi connectivity index (χ2n) is 2.11. The van der Waals surface area contributed by atoms with Gasteiger partial charge in [0.15, 0.2) is 0 Å². The van der Waals surface area contributed by atoms with Gasteiger partial charge in [0.1, 0.15) is 0 Å². The van der Waals surface area contributed by atoms with Crippen LogP contribution in [0.1, 0.15) is 29.0 Å². The summed E-state index contributed by atoms with van der Waals surface area (Å²) < 4.78 is 5.57. The van der Waals surface area contributed by atoms with Gasteiger partial charge in [0, 0.05) is 0 Å². The minimum atomic E-state index is -0.521. The molecular formula is C6H15CaNO2S2. The van der Waals surface area contributed by atoms with Gasteiger partial charge in [-0.3, -0.25) is 0 Å². The van der Waals surface area contributed by atoms with Crippen molar-refractivity contribution in [1.82, 2.24) is 3.71 Å². The van der Waals surface area contributed by atoms with Crippen molar-refractivity contribution in [3.05, 3.63) is 0 Å². The largest absolute Gasteiger partial charge is 2.00 e. The molecule has 0 N–H and O–H groups in total. The van der Waals surface area contributed by atoms with Gasteiger partial charge < -0.3 is 7.59 Å². The summed E-state index contributed by atoms with van der Waals surface area (Å²) in [4.78, 5) is 10.7. The van der Waals surface area contributed by atoms with Crippen LogP contribution in [0.2, 0.25) is 0 Å². The van der Waals surface area contributed by atoms with Gasteiger partial charge >= 0.3 is 43.8 Å². The average molecular weight is 237 g/mol. The Balaban J connectivity index is -0.000000167. The third-order valence-corrected chi connectivity index (χ3v) is 1.46. The molecule has 0 saturated carbocycles. The maximum absolute atomic E-state index is 10.7. The van der Waals surface area contributed by atoms with E-state index in [-0.39, 0.29) is 40.6 Å². The number of nitrogens with zero attached hydrogens (tertiary/aromatic N) is 1. The first-order chi connectivity index (χ1) is 5.18. The molecule has 0 bridgehead atoms. The third-order valence-electron chi connectivity index (χ3n) is 1.14. The normalized spacial score (nSPS) is 8.58. The smallest absolute Gasteiger partial charge is 1.00 e. The molecule has 70 valence electrons. The number of thiol groups is 2. The van der Waals surface area contributed by atoms with Gasteiger partial charge in [-0.05, 0) is 32.1 Å². The Morgan fingerprint density at radius 1 is 1.50 bits per heavy atom. The summed E-state index contributed by atoms with van der Waals surface area (Å²) in [6.45, 7) is 2.54. The van der Waals surface area contributed by atoms with E-state index < -0.39 is 6.09 Å². The van der Waals surface area contributed by atoms with Crippen LogP contribution in [0.15, 0.2) is 0 Å². The van der Waals surface area contributed by atoms with E-state index in [1.807, 2.05) is 0 Å². The zero-order chi connectivity index (χ0) is 8.69. The molecule has 0 aromatic heterocycles. The molecule has 0 spiro atoms. The fraction of sp³-hybridized carbons (Fsp3) is 0.833. The first-order valence-electron chi connectivity index (χ1n) is 3.53. The van der Waals surface area contributed by atoms with Crippen LogP contribution in [-0.4, -0.2) is 54.1 Å². The van der Waals surface area contributed by atoms with E-state index in [0.717, 1.165) is 23.0 Å². The van der Waals surface area contributed by atoms with Gasteiger partial charge in [0.05, 0.1) is 6.61 Å². The van der Waals surface area contributed by atoms with Gasteiger partial charge in [-0.25, -0.2) is 4.79 Å². The van der Waals surface area contributed by atoms with Crippen molar-refractivity contribution in [2.24, 2.45) is 0 Å². The first-order valence-corrected chi connectivity index (χ1v) is 4.33. The minimum Gasteiger partial charge on any atom is -1.00 e. The van der Waals surface area contributed by atoms with E-state index in [2.05, 4.69) is 32.6 Å². The molecule has 0 atom stereocenters. The summed E-state index contributed by atoms with van der Waals surface area (Å²) in [7, 11) is 0. The minimum absolute atomic E-state index is 0. The summed E-state index contributed by atoms with van der Waals surface area (Å²) in [5, 5.41) is 0. The van der Waals surface area contributed by atoms with Crippen molar-refractivity contribution in [3.63, 3.8) is 0 Å². The summed E-state index contributed by atoms with van der Waals surface area (Å²) in [6, 6.07) is 0. The van der Waals surface area contributed by atoms with Crippen molar-refractivity contribution in [1.29, 1.82) is 0 Å².